The number of nitrogens with zero attached hydrogens (tertiary/aromatic N) is 2. The van der Waals surface area contributed by atoms with Gasteiger partial charge in [0.2, 0.25) is 4.77 Å². The molecule has 0 aliphatic heterocycles. The molecule has 5 nitrogen and oxygen atoms in total. The Balaban J connectivity index is 1.99. The number of H-pyrrole nitrogens is 1. The largest absolute Gasteiger partial charge is 0.497 e. The second-order valence-corrected chi connectivity index (χ2v) is 3.76. The molecule has 0 aliphatic rings. The zero-order valence-electron chi connectivity index (χ0n) is 9.30. The molecule has 0 radical (unpaired) electrons. The van der Waals surface area contributed by atoms with E-state index in [1.807, 2.05) is 24.3 Å². The number of benzene rings is 1. The summed E-state index contributed by atoms with van der Waals surface area (Å²) in [7, 11) is 1.65. The Morgan fingerprint density at radius 1 is 1.35 bits per heavy atom. The Hall–Kier alpha value is -1.95. The van der Waals surface area contributed by atoms with E-state index in [2.05, 4.69) is 20.5 Å². The number of rotatable bonds is 4. The van der Waals surface area contributed by atoms with E-state index in [0.717, 1.165) is 11.3 Å². The van der Waals surface area contributed by atoms with Crippen molar-refractivity contribution in [3.63, 3.8) is 0 Å². The van der Waals surface area contributed by atoms with Crippen LogP contribution < -0.4 is 10.1 Å². The molecule has 0 saturated heterocycles. The van der Waals surface area contributed by atoms with E-state index in [9.17, 15) is 0 Å². The Bertz CT molecular complexity index is 538. The van der Waals surface area contributed by atoms with Crippen molar-refractivity contribution >= 4 is 18.0 Å². The molecular formula is C11H12N4OS. The van der Waals surface area contributed by atoms with Crippen LogP contribution in [0.1, 0.15) is 5.56 Å². The number of aromatic nitrogens is 3. The van der Waals surface area contributed by atoms with Crippen molar-refractivity contribution in [1.29, 1.82) is 0 Å². The quantitative estimate of drug-likeness (QED) is 0.812. The van der Waals surface area contributed by atoms with Gasteiger partial charge in [-0.25, -0.2) is 4.98 Å². The average molecular weight is 248 g/mol. The topological polar surface area (TPSA) is 62.8 Å². The van der Waals surface area contributed by atoms with Crippen LogP contribution in [0.5, 0.6) is 5.75 Å². The minimum Gasteiger partial charge on any atom is -0.497 e. The lowest BCUT2D eigenvalue weighted by molar-refractivity contribution is 0.414. The van der Waals surface area contributed by atoms with E-state index >= 15 is 0 Å². The Labute approximate surface area is 104 Å². The lowest BCUT2D eigenvalue weighted by Gasteiger charge is -2.05. The highest BCUT2D eigenvalue weighted by Crippen LogP contribution is 2.12. The molecule has 0 unspecified atom stereocenters. The van der Waals surface area contributed by atoms with E-state index in [4.69, 9.17) is 17.0 Å². The fourth-order valence-electron chi connectivity index (χ4n) is 1.33. The Kier molecular flexibility index (Phi) is 3.66. The first-order valence-electron chi connectivity index (χ1n) is 5.06. The van der Waals surface area contributed by atoms with Crippen LogP contribution in [0.15, 0.2) is 30.5 Å². The summed E-state index contributed by atoms with van der Waals surface area (Å²) < 4.78 is 5.45. The molecule has 1 aromatic heterocycles. The maximum atomic E-state index is 5.09. The molecule has 0 amide bonds. The van der Waals surface area contributed by atoms with Crippen LogP contribution >= 0.6 is 12.2 Å². The van der Waals surface area contributed by atoms with Crippen molar-refractivity contribution in [3.8, 4) is 5.75 Å². The molecule has 6 heteroatoms. The number of ether oxygens (including phenoxy) is 1. The monoisotopic (exact) mass is 248 g/mol. The minimum absolute atomic E-state index is 0.365. The first-order valence-corrected chi connectivity index (χ1v) is 5.47. The Morgan fingerprint density at radius 3 is 2.76 bits per heavy atom. The molecular weight excluding hydrogens is 236 g/mol. The van der Waals surface area contributed by atoms with Gasteiger partial charge < -0.3 is 10.1 Å². The van der Waals surface area contributed by atoms with Crippen LogP contribution in [0.25, 0.3) is 0 Å². The number of hydrogen-bond donors (Lipinski definition) is 2. The van der Waals surface area contributed by atoms with Gasteiger partial charge in [-0.1, -0.05) is 12.1 Å². The summed E-state index contributed by atoms with van der Waals surface area (Å²) in [4.78, 5) is 4.08. The first kappa shape index (κ1) is 11.5. The van der Waals surface area contributed by atoms with Gasteiger partial charge in [0.05, 0.1) is 13.3 Å². The van der Waals surface area contributed by atoms with Crippen LogP contribution in [0.4, 0.5) is 5.82 Å². The molecule has 1 aromatic carbocycles. The van der Waals surface area contributed by atoms with E-state index in [1.54, 1.807) is 13.3 Å². The Morgan fingerprint density at radius 2 is 2.12 bits per heavy atom. The summed E-state index contributed by atoms with van der Waals surface area (Å²) in [6.45, 7) is 0.664. The number of methoxy groups -OCH3 is 1. The van der Waals surface area contributed by atoms with Crippen LogP contribution in [0.2, 0.25) is 0 Å². The highest BCUT2D eigenvalue weighted by Gasteiger charge is 1.96. The van der Waals surface area contributed by atoms with Crippen molar-refractivity contribution in [2.45, 2.75) is 6.54 Å². The van der Waals surface area contributed by atoms with Crippen molar-refractivity contribution in [2.75, 3.05) is 12.4 Å². The van der Waals surface area contributed by atoms with Gasteiger partial charge in [-0.15, -0.1) is 0 Å². The number of nitrogens with one attached hydrogen (secondary N) is 2. The third kappa shape index (κ3) is 3.25. The van der Waals surface area contributed by atoms with Gasteiger partial charge in [-0.2, -0.15) is 5.10 Å². The second-order valence-electron chi connectivity index (χ2n) is 3.37. The molecule has 2 N–H and O–H groups in total. The molecule has 2 aromatic rings. The standard InChI is InChI=1S/C11H12N4OS/c1-16-9-4-2-8(3-5-9)6-12-10-7-13-15-11(17)14-10/h2-5,7H,6H2,1H3,(H2,12,14,15,17). The highest BCUT2D eigenvalue weighted by atomic mass is 32.1. The summed E-state index contributed by atoms with van der Waals surface area (Å²) >= 11 is 4.88. The van der Waals surface area contributed by atoms with Crippen molar-refractivity contribution < 1.29 is 4.74 Å². The minimum atomic E-state index is 0.365. The molecule has 0 fully saturated rings. The number of hydrogen-bond acceptors (Lipinski definition) is 5. The van der Waals surface area contributed by atoms with Gasteiger partial charge in [-0.05, 0) is 29.9 Å². The zero-order chi connectivity index (χ0) is 12.1. The zero-order valence-corrected chi connectivity index (χ0v) is 10.1. The summed E-state index contributed by atoms with van der Waals surface area (Å²) in [5.74, 6) is 1.50. The SMILES string of the molecule is COc1ccc(CNc2cn[nH]c(=S)n2)cc1. The van der Waals surface area contributed by atoms with Crippen LogP contribution in [-0.2, 0) is 6.54 Å². The maximum absolute atomic E-state index is 5.09. The maximum Gasteiger partial charge on any atom is 0.215 e. The third-order valence-corrected chi connectivity index (χ3v) is 2.38. The van der Waals surface area contributed by atoms with Crippen LogP contribution in [0, 0.1) is 4.77 Å². The first-order chi connectivity index (χ1) is 8.28. The van der Waals surface area contributed by atoms with Crippen molar-refractivity contribution in [3.05, 3.63) is 40.8 Å². The molecule has 0 atom stereocenters. The second kappa shape index (κ2) is 5.40. The van der Waals surface area contributed by atoms with Gasteiger partial charge in [0, 0.05) is 6.54 Å². The fraction of sp³-hybridized carbons (Fsp3) is 0.182. The molecule has 1 heterocycles. The molecule has 0 saturated carbocycles. The van der Waals surface area contributed by atoms with Gasteiger partial charge in [0.25, 0.3) is 0 Å². The highest BCUT2D eigenvalue weighted by molar-refractivity contribution is 7.71. The summed E-state index contributed by atoms with van der Waals surface area (Å²) in [5, 5.41) is 9.57. The van der Waals surface area contributed by atoms with Gasteiger partial charge >= 0.3 is 0 Å². The van der Waals surface area contributed by atoms with Gasteiger partial charge in [0.15, 0.2) is 0 Å². The molecule has 0 spiro atoms. The van der Waals surface area contributed by atoms with Gasteiger partial charge in [0.1, 0.15) is 11.6 Å². The van der Waals surface area contributed by atoms with Crippen LogP contribution in [0.3, 0.4) is 0 Å². The average Bonchev–Trinajstić information content (AvgIpc) is 2.37. The third-order valence-electron chi connectivity index (χ3n) is 2.20. The van der Waals surface area contributed by atoms with E-state index in [0.29, 0.717) is 17.1 Å². The lowest BCUT2D eigenvalue weighted by Crippen LogP contribution is -2.02. The molecule has 17 heavy (non-hydrogen) atoms. The van der Waals surface area contributed by atoms with E-state index < -0.39 is 0 Å². The van der Waals surface area contributed by atoms with Crippen molar-refractivity contribution in [1.82, 2.24) is 15.2 Å². The summed E-state index contributed by atoms with van der Waals surface area (Å²) in [6.07, 6.45) is 1.60. The molecule has 0 bridgehead atoms. The molecule has 88 valence electrons. The van der Waals surface area contributed by atoms with E-state index in [-0.39, 0.29) is 0 Å². The summed E-state index contributed by atoms with van der Waals surface area (Å²) in [6, 6.07) is 7.81. The molecule has 2 rings (SSSR count). The normalized spacial score (nSPS) is 9.94. The number of aromatic amines is 1. The lowest BCUT2D eigenvalue weighted by atomic mass is 10.2. The predicted molar refractivity (Wildman–Crippen MR) is 67.5 cm³/mol. The fourth-order valence-corrected chi connectivity index (χ4v) is 1.48. The van der Waals surface area contributed by atoms with Crippen molar-refractivity contribution in [2.24, 2.45) is 0 Å². The predicted octanol–water partition coefficient (Wildman–Crippen LogP) is 2.15. The van der Waals surface area contributed by atoms with Gasteiger partial charge in [-0.3, -0.25) is 5.10 Å². The smallest absolute Gasteiger partial charge is 0.215 e. The number of anilines is 1. The molecule has 0 aliphatic carbocycles. The summed E-state index contributed by atoms with van der Waals surface area (Å²) in [5.41, 5.74) is 1.13. The van der Waals surface area contributed by atoms with E-state index in [1.165, 1.54) is 0 Å². The van der Waals surface area contributed by atoms with Crippen LogP contribution in [-0.4, -0.2) is 22.3 Å².